The van der Waals surface area contributed by atoms with E-state index in [4.69, 9.17) is 4.74 Å². The molecule has 1 radical (unpaired) electrons. The third-order valence-electron chi connectivity index (χ3n) is 1.56. The molecule has 0 saturated carbocycles. The van der Waals surface area contributed by atoms with E-state index < -0.39 is 6.09 Å². The van der Waals surface area contributed by atoms with Crippen molar-refractivity contribution in [2.24, 2.45) is 0 Å². The third-order valence-corrected chi connectivity index (χ3v) is 1.74. The Kier molecular flexibility index (Phi) is 4.07. The van der Waals surface area contributed by atoms with E-state index in [0.717, 1.165) is 0 Å². The Hall–Kier alpha value is -1.42. The number of benzene rings is 1. The van der Waals surface area contributed by atoms with Gasteiger partial charge < -0.3 is 4.74 Å². The van der Waals surface area contributed by atoms with Crippen molar-refractivity contribution >= 4 is 29.5 Å². The van der Waals surface area contributed by atoms with E-state index in [0.29, 0.717) is 12.3 Å². The summed E-state index contributed by atoms with van der Waals surface area (Å²) in [5.41, 5.74) is 3.00. The van der Waals surface area contributed by atoms with Crippen molar-refractivity contribution in [1.82, 2.24) is 0 Å². The molecule has 3 nitrogen and oxygen atoms in total. The van der Waals surface area contributed by atoms with Crippen molar-refractivity contribution < 1.29 is 9.53 Å². The fourth-order valence-electron chi connectivity index (χ4n) is 0.960. The molecule has 0 aliphatic heterocycles. The number of ether oxygens (including phenoxy) is 1. The molecule has 73 valence electrons. The smallest absolute Gasteiger partial charge is 0.419 e. The van der Waals surface area contributed by atoms with Crippen LogP contribution in [0.25, 0.3) is 0 Å². The van der Waals surface area contributed by atoms with Crippen LogP contribution in [0.15, 0.2) is 30.3 Å². The second-order valence-corrected chi connectivity index (χ2v) is 2.64. The lowest BCUT2D eigenvalue weighted by atomic mass is 10.3. The van der Waals surface area contributed by atoms with Crippen LogP contribution in [0.3, 0.4) is 0 Å². The fraction of sp³-hybridized carbons (Fsp3) is 0.200. The molecular formula is C10H10NO2S. The number of carbonyl (C=O) groups is 1. The average Bonchev–Trinajstić information content (AvgIpc) is 2.21. The molecule has 14 heavy (non-hydrogen) atoms. The molecule has 0 atom stereocenters. The Labute approximate surface area is 88.3 Å². The molecule has 1 aromatic carbocycles. The van der Waals surface area contributed by atoms with E-state index in [1.54, 1.807) is 19.1 Å². The number of hydrogen-bond acceptors (Lipinski definition) is 3. The lowest BCUT2D eigenvalue weighted by Crippen LogP contribution is -2.29. The van der Waals surface area contributed by atoms with Crippen LogP contribution in [0.4, 0.5) is 10.5 Å². The van der Waals surface area contributed by atoms with Gasteiger partial charge in [-0.05, 0) is 19.1 Å². The van der Waals surface area contributed by atoms with Gasteiger partial charge in [0.25, 0.3) is 0 Å². The van der Waals surface area contributed by atoms with Crippen molar-refractivity contribution in [2.75, 3.05) is 11.5 Å². The van der Waals surface area contributed by atoms with Gasteiger partial charge in [0.2, 0.25) is 0 Å². The number of rotatable bonds is 3. The highest BCUT2D eigenvalue weighted by molar-refractivity contribution is 7.79. The summed E-state index contributed by atoms with van der Waals surface area (Å²) in [7, 11) is 0. The first-order chi connectivity index (χ1) is 6.79. The summed E-state index contributed by atoms with van der Waals surface area (Å²) in [6.45, 7) is 2.06. The maximum atomic E-state index is 11.3. The maximum absolute atomic E-state index is 11.3. The molecule has 0 unspecified atom stereocenters. The van der Waals surface area contributed by atoms with Crippen LogP contribution < -0.4 is 4.90 Å². The zero-order chi connectivity index (χ0) is 10.4. The summed E-state index contributed by atoms with van der Waals surface area (Å²) in [4.78, 5) is 12.5. The van der Waals surface area contributed by atoms with Crippen molar-refractivity contribution in [3.63, 3.8) is 0 Å². The lowest BCUT2D eigenvalue weighted by Gasteiger charge is -2.14. The Balaban J connectivity index is 2.82. The van der Waals surface area contributed by atoms with Crippen LogP contribution in [-0.4, -0.2) is 18.2 Å². The molecule has 4 heteroatoms. The first-order valence-corrected chi connectivity index (χ1v) is 4.60. The van der Waals surface area contributed by atoms with Crippen LogP contribution in [-0.2, 0) is 4.74 Å². The molecule has 1 aromatic rings. The zero-order valence-electron chi connectivity index (χ0n) is 7.77. The summed E-state index contributed by atoms with van der Waals surface area (Å²) in [6, 6.07) is 9.01. The molecule has 1 rings (SSSR count). The van der Waals surface area contributed by atoms with Crippen LogP contribution >= 0.6 is 12.2 Å². The average molecular weight is 208 g/mol. The van der Waals surface area contributed by atoms with E-state index in [2.05, 4.69) is 17.7 Å². The number of para-hydroxylation sites is 1. The summed E-state index contributed by atoms with van der Waals surface area (Å²) in [5, 5.41) is 0. The van der Waals surface area contributed by atoms with E-state index in [1.807, 2.05) is 18.2 Å². The molecule has 0 aliphatic carbocycles. The third kappa shape index (κ3) is 2.53. The minimum atomic E-state index is -0.506. The van der Waals surface area contributed by atoms with Gasteiger partial charge in [0.05, 0.1) is 12.3 Å². The topological polar surface area (TPSA) is 29.5 Å². The van der Waals surface area contributed by atoms with Gasteiger partial charge in [-0.2, -0.15) is 0 Å². The van der Waals surface area contributed by atoms with Gasteiger partial charge in [-0.25, -0.2) is 9.69 Å². The number of hydrogen-bond donors (Lipinski definition) is 0. The fourth-order valence-corrected chi connectivity index (χ4v) is 1.14. The predicted octanol–water partition coefficient (Wildman–Crippen LogP) is 2.48. The number of nitrogens with zero attached hydrogens (tertiary/aromatic N) is 1. The summed E-state index contributed by atoms with van der Waals surface area (Å²) in [6.07, 6.45) is -0.506. The number of amides is 1. The molecule has 0 fully saturated rings. The lowest BCUT2D eigenvalue weighted by molar-refractivity contribution is 0.163. The molecule has 0 spiro atoms. The van der Waals surface area contributed by atoms with Crippen LogP contribution in [0.1, 0.15) is 6.92 Å². The highest BCUT2D eigenvalue weighted by Gasteiger charge is 2.13. The second-order valence-electron chi connectivity index (χ2n) is 2.46. The van der Waals surface area contributed by atoms with E-state index in [9.17, 15) is 4.79 Å². The largest absolute Gasteiger partial charge is 0.449 e. The maximum Gasteiger partial charge on any atom is 0.419 e. The molecule has 0 bridgehead atoms. The molecule has 0 aromatic heterocycles. The minimum absolute atomic E-state index is 0.319. The van der Waals surface area contributed by atoms with Crippen LogP contribution in [0.2, 0.25) is 0 Å². The standard InChI is InChI=1S/C10H10NO2S/c1-2-13-10(12)11(8-14)9-6-4-3-5-7-9/h3-7H,2H2,1H3. The Morgan fingerprint density at radius 2 is 2.14 bits per heavy atom. The Morgan fingerprint density at radius 1 is 1.50 bits per heavy atom. The van der Waals surface area contributed by atoms with Crippen LogP contribution in [0, 0.1) is 0 Å². The summed E-state index contributed by atoms with van der Waals surface area (Å²) < 4.78 is 4.81. The first kappa shape index (κ1) is 10.7. The van der Waals surface area contributed by atoms with E-state index >= 15 is 0 Å². The first-order valence-electron chi connectivity index (χ1n) is 4.19. The van der Waals surface area contributed by atoms with Crippen molar-refractivity contribution in [2.45, 2.75) is 6.92 Å². The van der Waals surface area contributed by atoms with Crippen molar-refractivity contribution in [3.8, 4) is 0 Å². The van der Waals surface area contributed by atoms with Crippen molar-refractivity contribution in [3.05, 3.63) is 30.3 Å². The second kappa shape index (κ2) is 5.34. The van der Waals surface area contributed by atoms with Gasteiger partial charge in [-0.1, -0.05) is 30.4 Å². The number of anilines is 1. The van der Waals surface area contributed by atoms with Gasteiger partial charge in [0.1, 0.15) is 0 Å². The Morgan fingerprint density at radius 3 is 2.64 bits per heavy atom. The Bertz CT molecular complexity index is 313. The predicted molar refractivity (Wildman–Crippen MR) is 58.5 cm³/mol. The van der Waals surface area contributed by atoms with Crippen LogP contribution in [0.5, 0.6) is 0 Å². The summed E-state index contributed by atoms with van der Waals surface area (Å²) >= 11 is 4.62. The molecule has 0 saturated heterocycles. The monoisotopic (exact) mass is 208 g/mol. The highest BCUT2D eigenvalue weighted by Crippen LogP contribution is 2.12. The summed E-state index contributed by atoms with van der Waals surface area (Å²) in [5.74, 6) is 0. The van der Waals surface area contributed by atoms with Gasteiger partial charge in [0.15, 0.2) is 5.49 Å². The van der Waals surface area contributed by atoms with Gasteiger partial charge >= 0.3 is 6.09 Å². The number of carbonyl (C=O) groups excluding carboxylic acids is 1. The molecule has 0 N–H and O–H groups in total. The van der Waals surface area contributed by atoms with Gasteiger partial charge in [-0.15, -0.1) is 0 Å². The number of thiocarbonyl (C=S) groups is 1. The molecule has 1 amide bonds. The van der Waals surface area contributed by atoms with Gasteiger partial charge in [0, 0.05) is 0 Å². The van der Waals surface area contributed by atoms with E-state index in [1.165, 1.54) is 4.90 Å². The van der Waals surface area contributed by atoms with E-state index in [-0.39, 0.29) is 0 Å². The normalized spacial score (nSPS) is 9.21. The highest BCUT2D eigenvalue weighted by atomic mass is 32.1. The van der Waals surface area contributed by atoms with Crippen molar-refractivity contribution in [1.29, 1.82) is 0 Å². The SMILES string of the molecule is CCOC(=O)N([C]=S)c1ccccc1. The quantitative estimate of drug-likeness (QED) is 0.564. The minimum Gasteiger partial charge on any atom is -0.449 e. The molecule has 0 heterocycles. The molecular weight excluding hydrogens is 198 g/mol. The zero-order valence-corrected chi connectivity index (χ0v) is 8.58. The van der Waals surface area contributed by atoms with Gasteiger partial charge in [-0.3, -0.25) is 0 Å². The molecule has 0 aliphatic rings.